The van der Waals surface area contributed by atoms with E-state index < -0.39 is 18.4 Å². The van der Waals surface area contributed by atoms with Crippen LogP contribution in [-0.4, -0.2) is 23.5 Å². The Morgan fingerprint density at radius 3 is 2.56 bits per heavy atom. The van der Waals surface area contributed by atoms with Crippen LogP contribution in [0, 0.1) is 16.7 Å². The summed E-state index contributed by atoms with van der Waals surface area (Å²) in [5, 5.41) is 0. The van der Waals surface area contributed by atoms with Crippen molar-refractivity contribution in [1.29, 1.82) is 0 Å². The summed E-state index contributed by atoms with van der Waals surface area (Å²) in [6.45, 7) is 3.41. The van der Waals surface area contributed by atoms with Crippen molar-refractivity contribution in [2.45, 2.75) is 64.3 Å². The Labute approximate surface area is 105 Å². The highest BCUT2D eigenvalue weighted by molar-refractivity contribution is 5.25. The Hall–Kier alpha value is -0.0400. The van der Waals surface area contributed by atoms with Crippen molar-refractivity contribution in [3.8, 4) is 0 Å². The minimum absolute atomic E-state index is 0.0646. The van der Waals surface area contributed by atoms with E-state index in [2.05, 4.69) is 0 Å². The SMILES string of the molecule is [2H]C1([2H])CC2(CC2)[C@@]2(C([2H])([2H])C(C)C)CC3(CC3)CN12. The van der Waals surface area contributed by atoms with Crippen molar-refractivity contribution < 1.29 is 5.48 Å². The van der Waals surface area contributed by atoms with Crippen LogP contribution in [0.15, 0.2) is 0 Å². The fourth-order valence-corrected chi connectivity index (χ4v) is 4.23. The van der Waals surface area contributed by atoms with Crippen LogP contribution in [0.25, 0.3) is 0 Å². The first-order valence-electron chi connectivity index (χ1n) is 8.89. The van der Waals surface area contributed by atoms with E-state index >= 15 is 0 Å². The molecule has 2 saturated heterocycles. The Kier molecular flexibility index (Phi) is 1.14. The zero-order valence-electron chi connectivity index (χ0n) is 14.5. The molecular formula is C15H25N. The van der Waals surface area contributed by atoms with Gasteiger partial charge in [-0.2, -0.15) is 0 Å². The molecule has 16 heavy (non-hydrogen) atoms. The van der Waals surface area contributed by atoms with Crippen LogP contribution >= 0.6 is 0 Å². The molecule has 0 unspecified atom stereocenters. The lowest BCUT2D eigenvalue weighted by atomic mass is 9.72. The predicted molar refractivity (Wildman–Crippen MR) is 66.3 cm³/mol. The normalized spacial score (nSPS) is 49.9. The summed E-state index contributed by atoms with van der Waals surface area (Å²) in [5.41, 5.74) is -0.393. The van der Waals surface area contributed by atoms with Crippen molar-refractivity contribution in [2.24, 2.45) is 16.7 Å². The summed E-state index contributed by atoms with van der Waals surface area (Å²) in [7, 11) is 0. The Balaban J connectivity index is 1.88. The lowest BCUT2D eigenvalue weighted by molar-refractivity contribution is 0.107. The van der Waals surface area contributed by atoms with Gasteiger partial charge in [0, 0.05) is 17.6 Å². The molecule has 90 valence electrons. The van der Waals surface area contributed by atoms with E-state index in [4.69, 9.17) is 5.48 Å². The van der Waals surface area contributed by atoms with Gasteiger partial charge in [-0.05, 0) is 68.1 Å². The van der Waals surface area contributed by atoms with Crippen LogP contribution in [0.2, 0.25) is 0 Å². The van der Waals surface area contributed by atoms with Crippen molar-refractivity contribution in [2.75, 3.05) is 13.0 Å². The molecule has 0 aromatic heterocycles. The van der Waals surface area contributed by atoms with Gasteiger partial charge in [-0.1, -0.05) is 13.8 Å². The fraction of sp³-hybridized carbons (Fsp3) is 1.00. The Morgan fingerprint density at radius 1 is 1.25 bits per heavy atom. The molecule has 0 bridgehead atoms. The fourth-order valence-electron chi connectivity index (χ4n) is 4.23. The molecule has 1 heteroatoms. The monoisotopic (exact) mass is 223 g/mol. The van der Waals surface area contributed by atoms with Crippen molar-refractivity contribution in [3.05, 3.63) is 0 Å². The maximum atomic E-state index is 8.83. The molecule has 1 atom stereocenters. The molecule has 0 N–H and O–H groups in total. The third-order valence-corrected chi connectivity index (χ3v) is 5.41. The quantitative estimate of drug-likeness (QED) is 0.693. The third-order valence-electron chi connectivity index (χ3n) is 5.41. The third kappa shape index (κ3) is 1.06. The number of hydrogen-bond donors (Lipinski definition) is 0. The molecule has 2 aliphatic carbocycles. The standard InChI is InChI=1S/C15H25N/c1-12(2)9-15-10-13(3-4-13)11-16(15)8-7-14(15)5-6-14/h12H,3-11H2,1-2H3/t15-/m1/s1/i8D2,9D2. The smallest absolute Gasteiger partial charge is 0.0431 e. The molecule has 0 aromatic carbocycles. The van der Waals surface area contributed by atoms with Gasteiger partial charge < -0.3 is 0 Å². The van der Waals surface area contributed by atoms with Crippen LogP contribution < -0.4 is 0 Å². The lowest BCUT2D eigenvalue weighted by Crippen LogP contribution is -2.45. The number of rotatable bonds is 2. The summed E-state index contributed by atoms with van der Waals surface area (Å²) in [6, 6.07) is 0. The van der Waals surface area contributed by atoms with Crippen LogP contribution in [-0.2, 0) is 0 Å². The molecule has 1 nitrogen and oxygen atoms in total. The van der Waals surface area contributed by atoms with E-state index in [1.54, 1.807) is 0 Å². The maximum Gasteiger partial charge on any atom is 0.0431 e. The second-order valence-corrected chi connectivity index (χ2v) is 7.04. The summed E-state index contributed by atoms with van der Waals surface area (Å²) in [6.07, 6.45) is 4.51. The van der Waals surface area contributed by atoms with E-state index in [0.29, 0.717) is 6.42 Å². The summed E-state index contributed by atoms with van der Waals surface area (Å²) in [5.74, 6) is -0.0646. The molecule has 0 radical (unpaired) electrons. The highest BCUT2D eigenvalue weighted by Gasteiger charge is 2.71. The number of nitrogens with zero attached hydrogens (tertiary/aromatic N) is 1. The van der Waals surface area contributed by atoms with E-state index in [1.807, 2.05) is 18.7 Å². The van der Waals surface area contributed by atoms with Gasteiger partial charge in [0.05, 0.1) is 0 Å². The number of fused-ring (bicyclic) bond motifs is 2. The van der Waals surface area contributed by atoms with Gasteiger partial charge in [0.15, 0.2) is 0 Å². The van der Waals surface area contributed by atoms with Gasteiger partial charge in [0.1, 0.15) is 0 Å². The van der Waals surface area contributed by atoms with Gasteiger partial charge >= 0.3 is 0 Å². The van der Waals surface area contributed by atoms with Crippen molar-refractivity contribution in [1.82, 2.24) is 4.90 Å². The van der Waals surface area contributed by atoms with Crippen LogP contribution in [0.3, 0.4) is 0 Å². The average molecular weight is 223 g/mol. The van der Waals surface area contributed by atoms with Crippen LogP contribution in [0.5, 0.6) is 0 Å². The summed E-state index contributed by atoms with van der Waals surface area (Å²) in [4.78, 5) is 1.99. The minimum Gasteiger partial charge on any atom is -0.296 e. The lowest BCUT2D eigenvalue weighted by Gasteiger charge is -2.39. The largest absolute Gasteiger partial charge is 0.296 e. The molecule has 2 heterocycles. The van der Waals surface area contributed by atoms with Gasteiger partial charge in [0.25, 0.3) is 0 Å². The topological polar surface area (TPSA) is 3.24 Å². The van der Waals surface area contributed by atoms with Gasteiger partial charge in [0.2, 0.25) is 0 Å². The Bertz CT molecular complexity index is 464. The van der Waals surface area contributed by atoms with Crippen LogP contribution in [0.4, 0.5) is 0 Å². The molecule has 4 aliphatic rings. The molecule has 4 rings (SSSR count). The zero-order chi connectivity index (χ0) is 14.6. The van der Waals surface area contributed by atoms with Crippen molar-refractivity contribution >= 4 is 0 Å². The first-order valence-corrected chi connectivity index (χ1v) is 6.89. The molecular weight excluding hydrogens is 194 g/mol. The molecule has 2 spiro atoms. The maximum absolute atomic E-state index is 8.83. The number of hydrogen-bond acceptors (Lipinski definition) is 1. The predicted octanol–water partition coefficient (Wildman–Crippen LogP) is 3.44. The van der Waals surface area contributed by atoms with E-state index in [1.165, 1.54) is 12.8 Å². The summed E-state index contributed by atoms with van der Waals surface area (Å²) < 4.78 is 34.6. The molecule has 2 aliphatic heterocycles. The van der Waals surface area contributed by atoms with Gasteiger partial charge in [-0.3, -0.25) is 4.90 Å². The van der Waals surface area contributed by atoms with E-state index in [-0.39, 0.29) is 16.7 Å². The highest BCUT2D eigenvalue weighted by Crippen LogP contribution is 2.73. The molecule has 0 amide bonds. The molecule has 2 saturated carbocycles. The second-order valence-electron chi connectivity index (χ2n) is 7.04. The minimum atomic E-state index is -1.31. The molecule has 4 fully saturated rings. The second kappa shape index (κ2) is 2.68. The summed E-state index contributed by atoms with van der Waals surface area (Å²) >= 11 is 0. The van der Waals surface area contributed by atoms with Crippen molar-refractivity contribution in [3.63, 3.8) is 0 Å². The van der Waals surface area contributed by atoms with E-state index in [0.717, 1.165) is 25.8 Å². The van der Waals surface area contributed by atoms with Crippen LogP contribution in [0.1, 0.15) is 64.2 Å². The van der Waals surface area contributed by atoms with Gasteiger partial charge in [-0.15, -0.1) is 0 Å². The average Bonchev–Trinajstić information content (AvgIpc) is 3.16. The van der Waals surface area contributed by atoms with Gasteiger partial charge in [-0.25, -0.2) is 0 Å². The van der Waals surface area contributed by atoms with E-state index in [9.17, 15) is 0 Å². The first-order chi connectivity index (χ1) is 9.11. The highest BCUT2D eigenvalue weighted by atomic mass is 15.3. The Morgan fingerprint density at radius 2 is 2.00 bits per heavy atom. The molecule has 0 aromatic rings. The first kappa shape index (κ1) is 6.78. The zero-order valence-corrected chi connectivity index (χ0v) is 10.5.